The van der Waals surface area contributed by atoms with Gasteiger partial charge in [-0.15, -0.1) is 0 Å². The number of nitrogen functional groups attached to an aromatic ring is 1. The van der Waals surface area contributed by atoms with E-state index in [2.05, 4.69) is 28.7 Å². The highest BCUT2D eigenvalue weighted by molar-refractivity contribution is 5.29. The van der Waals surface area contributed by atoms with Crippen molar-refractivity contribution < 1.29 is 9.47 Å². The summed E-state index contributed by atoms with van der Waals surface area (Å²) in [6.45, 7) is 4.66. The molecule has 1 aromatic rings. The zero-order valence-electron chi connectivity index (χ0n) is 11.0. The first kappa shape index (κ1) is 13.5. The molecule has 0 bridgehead atoms. The van der Waals surface area contributed by atoms with E-state index in [1.807, 2.05) is 14.1 Å². The van der Waals surface area contributed by atoms with Gasteiger partial charge < -0.3 is 20.1 Å². The molecule has 0 unspecified atom stereocenters. The van der Waals surface area contributed by atoms with Crippen molar-refractivity contribution in [2.24, 2.45) is 0 Å². The van der Waals surface area contributed by atoms with Crippen LogP contribution in [-0.2, 0) is 0 Å². The fourth-order valence-electron chi connectivity index (χ4n) is 0.979. The Kier molecular flexibility index (Phi) is 4.11. The minimum Gasteiger partial charge on any atom is -0.481 e. The van der Waals surface area contributed by atoms with Crippen LogP contribution in [0.3, 0.4) is 0 Å². The summed E-state index contributed by atoms with van der Waals surface area (Å²) in [6.07, 6.45) is 0. The number of nitrogens with zero attached hydrogens (tertiary/aromatic N) is 3. The fraction of sp³-hybridized carbons (Fsp3) is 0.636. The largest absolute Gasteiger partial charge is 0.481 e. The highest BCUT2D eigenvalue weighted by Gasteiger charge is 2.21. The summed E-state index contributed by atoms with van der Waals surface area (Å²) in [5.74, 6) is 0.960. The van der Waals surface area contributed by atoms with Crippen LogP contribution in [0.2, 0.25) is 0 Å². The van der Waals surface area contributed by atoms with E-state index in [9.17, 15) is 0 Å². The number of rotatable bonds is 5. The average molecular weight is 240 g/mol. The fourth-order valence-corrected chi connectivity index (χ4v) is 0.979. The van der Waals surface area contributed by atoms with E-state index in [1.54, 1.807) is 6.07 Å². The standard InChI is InChI=1S/C11H20N4O2/c1-11(2,15(3)4)7-17-9-6-8(16-5)13-10(12)14-9/h6H,7H2,1-5H3,(H2,12,13,14). The normalized spacial score (nSPS) is 11.6. The summed E-state index contributed by atoms with van der Waals surface area (Å²) < 4.78 is 10.6. The third kappa shape index (κ3) is 3.74. The van der Waals surface area contributed by atoms with Crippen LogP contribution < -0.4 is 15.2 Å². The van der Waals surface area contributed by atoms with E-state index in [-0.39, 0.29) is 11.5 Å². The van der Waals surface area contributed by atoms with E-state index >= 15 is 0 Å². The van der Waals surface area contributed by atoms with Gasteiger partial charge >= 0.3 is 0 Å². The lowest BCUT2D eigenvalue weighted by Crippen LogP contribution is -2.43. The smallest absolute Gasteiger partial charge is 0.226 e. The number of hydrogen-bond acceptors (Lipinski definition) is 6. The molecule has 6 heteroatoms. The highest BCUT2D eigenvalue weighted by atomic mass is 16.5. The maximum atomic E-state index is 5.60. The Hall–Kier alpha value is -1.56. The molecule has 0 aliphatic carbocycles. The van der Waals surface area contributed by atoms with Gasteiger partial charge in [0.05, 0.1) is 13.2 Å². The molecule has 0 aliphatic rings. The van der Waals surface area contributed by atoms with Gasteiger partial charge in [0.25, 0.3) is 0 Å². The molecule has 0 atom stereocenters. The summed E-state index contributed by atoms with van der Waals surface area (Å²) in [6, 6.07) is 1.61. The molecule has 0 aromatic carbocycles. The molecule has 0 fully saturated rings. The van der Waals surface area contributed by atoms with Gasteiger partial charge in [0, 0.05) is 5.54 Å². The Morgan fingerprint density at radius 1 is 1.29 bits per heavy atom. The average Bonchev–Trinajstić information content (AvgIpc) is 2.25. The third-order valence-corrected chi connectivity index (χ3v) is 2.69. The van der Waals surface area contributed by atoms with E-state index in [0.29, 0.717) is 18.4 Å². The molecular weight excluding hydrogens is 220 g/mol. The van der Waals surface area contributed by atoms with Crippen LogP contribution in [0.5, 0.6) is 11.8 Å². The lowest BCUT2D eigenvalue weighted by molar-refractivity contribution is 0.111. The predicted octanol–water partition coefficient (Wildman–Crippen LogP) is 0.786. The van der Waals surface area contributed by atoms with Crippen LogP contribution in [-0.4, -0.2) is 48.2 Å². The highest BCUT2D eigenvalue weighted by Crippen LogP contribution is 2.18. The van der Waals surface area contributed by atoms with Crippen LogP contribution in [0.1, 0.15) is 13.8 Å². The molecule has 1 heterocycles. The van der Waals surface area contributed by atoms with E-state index in [0.717, 1.165) is 0 Å². The molecular formula is C11H20N4O2. The first-order valence-corrected chi connectivity index (χ1v) is 5.34. The van der Waals surface area contributed by atoms with Crippen molar-refractivity contribution in [3.05, 3.63) is 6.07 Å². The second-order valence-corrected chi connectivity index (χ2v) is 4.60. The first-order valence-electron chi connectivity index (χ1n) is 5.34. The summed E-state index contributed by atoms with van der Waals surface area (Å²) >= 11 is 0. The van der Waals surface area contributed by atoms with Gasteiger partial charge in [0.1, 0.15) is 6.61 Å². The minimum absolute atomic E-state index is 0.0903. The molecule has 0 spiro atoms. The lowest BCUT2D eigenvalue weighted by Gasteiger charge is -2.31. The topological polar surface area (TPSA) is 73.5 Å². The van der Waals surface area contributed by atoms with Crippen LogP contribution in [0.4, 0.5) is 5.95 Å². The number of anilines is 1. The van der Waals surface area contributed by atoms with Gasteiger partial charge in [0.15, 0.2) is 0 Å². The predicted molar refractivity (Wildman–Crippen MR) is 66.3 cm³/mol. The number of nitrogens with two attached hydrogens (primary N) is 1. The quantitative estimate of drug-likeness (QED) is 0.820. The van der Waals surface area contributed by atoms with Crippen molar-refractivity contribution in [1.82, 2.24) is 14.9 Å². The van der Waals surface area contributed by atoms with Crippen molar-refractivity contribution in [1.29, 1.82) is 0 Å². The minimum atomic E-state index is -0.0903. The van der Waals surface area contributed by atoms with Crippen LogP contribution in [0.25, 0.3) is 0 Å². The van der Waals surface area contributed by atoms with Gasteiger partial charge in [0.2, 0.25) is 17.7 Å². The van der Waals surface area contributed by atoms with Crippen LogP contribution >= 0.6 is 0 Å². The number of ether oxygens (including phenoxy) is 2. The summed E-state index contributed by atoms with van der Waals surface area (Å²) in [7, 11) is 5.52. The number of hydrogen-bond donors (Lipinski definition) is 1. The summed E-state index contributed by atoms with van der Waals surface area (Å²) in [5.41, 5.74) is 5.45. The molecule has 0 amide bonds. The van der Waals surface area contributed by atoms with Crippen molar-refractivity contribution in [2.45, 2.75) is 19.4 Å². The summed E-state index contributed by atoms with van der Waals surface area (Å²) in [5, 5.41) is 0. The van der Waals surface area contributed by atoms with Crippen LogP contribution in [0, 0.1) is 0 Å². The van der Waals surface area contributed by atoms with E-state index in [4.69, 9.17) is 15.2 Å². The zero-order valence-corrected chi connectivity index (χ0v) is 11.0. The maximum Gasteiger partial charge on any atom is 0.226 e. The van der Waals surface area contributed by atoms with Gasteiger partial charge in [-0.2, -0.15) is 9.97 Å². The third-order valence-electron chi connectivity index (χ3n) is 2.69. The molecule has 2 N–H and O–H groups in total. The monoisotopic (exact) mass is 240 g/mol. The van der Waals surface area contributed by atoms with Crippen molar-refractivity contribution >= 4 is 5.95 Å². The Bertz CT molecular complexity index is 380. The van der Waals surface area contributed by atoms with Gasteiger partial charge in [-0.05, 0) is 27.9 Å². The van der Waals surface area contributed by atoms with Gasteiger partial charge in [-0.1, -0.05) is 0 Å². The number of methoxy groups -OCH3 is 1. The lowest BCUT2D eigenvalue weighted by atomic mass is 10.1. The van der Waals surface area contributed by atoms with Crippen LogP contribution in [0.15, 0.2) is 6.07 Å². The molecule has 0 saturated carbocycles. The Balaban J connectivity index is 2.72. The molecule has 0 saturated heterocycles. The van der Waals surface area contributed by atoms with Crippen molar-refractivity contribution in [3.63, 3.8) is 0 Å². The van der Waals surface area contributed by atoms with Crippen molar-refractivity contribution in [2.75, 3.05) is 33.5 Å². The SMILES string of the molecule is COc1cc(OCC(C)(C)N(C)C)nc(N)n1. The second kappa shape index (κ2) is 5.18. The second-order valence-electron chi connectivity index (χ2n) is 4.60. The molecule has 96 valence electrons. The van der Waals surface area contributed by atoms with Gasteiger partial charge in [-0.25, -0.2) is 0 Å². The Morgan fingerprint density at radius 3 is 2.41 bits per heavy atom. The van der Waals surface area contributed by atoms with E-state index < -0.39 is 0 Å². The van der Waals surface area contributed by atoms with Gasteiger partial charge in [-0.3, -0.25) is 0 Å². The molecule has 0 radical (unpaired) electrons. The number of aromatic nitrogens is 2. The maximum absolute atomic E-state index is 5.60. The number of likely N-dealkylation sites (N-methyl/N-ethyl adjacent to an activating group) is 1. The van der Waals surface area contributed by atoms with E-state index in [1.165, 1.54) is 7.11 Å². The summed E-state index contributed by atoms with van der Waals surface area (Å²) in [4.78, 5) is 9.95. The molecule has 6 nitrogen and oxygen atoms in total. The molecule has 1 rings (SSSR count). The molecule has 1 aromatic heterocycles. The molecule has 17 heavy (non-hydrogen) atoms. The zero-order chi connectivity index (χ0) is 13.1. The Labute approximate surface area is 102 Å². The van der Waals surface area contributed by atoms with Crippen molar-refractivity contribution in [3.8, 4) is 11.8 Å². The Morgan fingerprint density at radius 2 is 1.88 bits per heavy atom. The molecule has 0 aliphatic heterocycles. The first-order chi connectivity index (χ1) is 7.85.